The summed E-state index contributed by atoms with van der Waals surface area (Å²) in [5.41, 5.74) is 7.85. The van der Waals surface area contributed by atoms with Crippen LogP contribution in [0.25, 0.3) is 10.0 Å². The van der Waals surface area contributed by atoms with Gasteiger partial charge < -0.3 is 0 Å². The fourth-order valence-corrected chi connectivity index (χ4v) is 3.36. The molecule has 0 saturated heterocycles. The summed E-state index contributed by atoms with van der Waals surface area (Å²) >= 11 is -0.144. The molecule has 0 aliphatic carbocycles. The zero-order chi connectivity index (χ0) is 12.4. The van der Waals surface area contributed by atoms with Gasteiger partial charge in [-0.2, -0.15) is 0 Å². The monoisotopic (exact) mass is 292 g/mol. The SMILES string of the molecule is Cc1ccc(-c2ccc(C(N)=O)c(=N)[se]2)cc1. The van der Waals surface area contributed by atoms with E-state index in [0.29, 0.717) is 9.79 Å². The molecule has 1 aromatic heterocycles. The van der Waals surface area contributed by atoms with Crippen molar-refractivity contribution in [2.75, 3.05) is 0 Å². The molecule has 1 heterocycles. The second kappa shape index (κ2) is 4.70. The Morgan fingerprint density at radius 1 is 1.18 bits per heavy atom. The van der Waals surface area contributed by atoms with Crippen molar-refractivity contribution in [3.05, 3.63) is 51.8 Å². The Morgan fingerprint density at radius 2 is 1.82 bits per heavy atom. The standard InChI is InChI=1S/C13H12N2OSe/c1-8-2-4-9(5-3-8)11-7-6-10(12(14)16)13(15)17-11/h2-7,15H,1H3,(H2,14,16). The molecule has 0 radical (unpaired) electrons. The maximum absolute atomic E-state index is 11.0. The molecule has 4 heteroatoms. The number of aryl methyl sites for hydroxylation is 1. The predicted octanol–water partition coefficient (Wildman–Crippen LogP) is 1.30. The van der Waals surface area contributed by atoms with E-state index < -0.39 is 5.91 Å². The molecular weight excluding hydrogens is 279 g/mol. The van der Waals surface area contributed by atoms with Gasteiger partial charge in [-0.15, -0.1) is 0 Å². The second-order valence-electron chi connectivity index (χ2n) is 3.77. The van der Waals surface area contributed by atoms with Crippen LogP contribution in [0.1, 0.15) is 15.9 Å². The number of benzene rings is 1. The van der Waals surface area contributed by atoms with E-state index in [2.05, 4.69) is 0 Å². The fraction of sp³-hybridized carbons (Fsp3) is 0.0769. The summed E-state index contributed by atoms with van der Waals surface area (Å²) < 4.78 is 1.45. The molecule has 0 fully saturated rings. The number of primary amides is 1. The second-order valence-corrected chi connectivity index (χ2v) is 5.98. The van der Waals surface area contributed by atoms with Crippen LogP contribution in [0.2, 0.25) is 0 Å². The summed E-state index contributed by atoms with van der Waals surface area (Å²) in [5.74, 6) is -0.518. The number of rotatable bonds is 2. The molecule has 1 amide bonds. The van der Waals surface area contributed by atoms with Crippen LogP contribution in [0, 0.1) is 12.3 Å². The van der Waals surface area contributed by atoms with Gasteiger partial charge >= 0.3 is 105 Å². The summed E-state index contributed by atoms with van der Waals surface area (Å²) in [5, 5.41) is 7.82. The molecule has 86 valence electrons. The number of hydrogen-bond acceptors (Lipinski definition) is 2. The van der Waals surface area contributed by atoms with Gasteiger partial charge in [0, 0.05) is 0 Å². The topological polar surface area (TPSA) is 66.9 Å². The van der Waals surface area contributed by atoms with Crippen molar-refractivity contribution < 1.29 is 4.79 Å². The third kappa shape index (κ3) is 2.54. The number of hydrogen-bond donors (Lipinski definition) is 2. The van der Waals surface area contributed by atoms with Crippen molar-refractivity contribution in [3.8, 4) is 10.0 Å². The molecule has 0 spiro atoms. The van der Waals surface area contributed by atoms with Crippen LogP contribution in [-0.2, 0) is 0 Å². The van der Waals surface area contributed by atoms with Gasteiger partial charge in [-0.25, -0.2) is 0 Å². The third-order valence-electron chi connectivity index (χ3n) is 2.46. The molecule has 0 aliphatic rings. The summed E-state index contributed by atoms with van der Waals surface area (Å²) in [6, 6.07) is 11.7. The average Bonchev–Trinajstić information content (AvgIpc) is 2.29. The first-order valence-electron chi connectivity index (χ1n) is 5.13. The minimum atomic E-state index is -0.518. The third-order valence-corrected chi connectivity index (χ3v) is 4.59. The van der Waals surface area contributed by atoms with Crippen LogP contribution in [0.3, 0.4) is 0 Å². The van der Waals surface area contributed by atoms with Gasteiger partial charge in [0.1, 0.15) is 0 Å². The fourth-order valence-electron chi connectivity index (χ4n) is 1.50. The van der Waals surface area contributed by atoms with Gasteiger partial charge in [-0.3, -0.25) is 0 Å². The molecule has 3 nitrogen and oxygen atoms in total. The number of amides is 1. The van der Waals surface area contributed by atoms with Gasteiger partial charge in [0.05, 0.1) is 0 Å². The molecule has 0 unspecified atom stereocenters. The van der Waals surface area contributed by atoms with E-state index in [9.17, 15) is 4.79 Å². The molecule has 1 aromatic carbocycles. The van der Waals surface area contributed by atoms with Crippen molar-refractivity contribution in [3.63, 3.8) is 0 Å². The number of nitrogens with two attached hydrogens (primary N) is 1. The van der Waals surface area contributed by atoms with Gasteiger partial charge in [-0.05, 0) is 0 Å². The zero-order valence-corrected chi connectivity index (χ0v) is 11.1. The Bertz CT molecular complexity index is 614. The van der Waals surface area contributed by atoms with Crippen molar-refractivity contribution >= 4 is 20.4 Å². The molecule has 0 aliphatic heterocycles. The van der Waals surface area contributed by atoms with Crippen molar-refractivity contribution in [2.24, 2.45) is 5.73 Å². The Labute approximate surface area is 105 Å². The number of nitrogens with one attached hydrogen (secondary N) is 1. The molecule has 3 N–H and O–H groups in total. The number of carbonyl (C=O) groups is 1. The predicted molar refractivity (Wildman–Crippen MR) is 67.9 cm³/mol. The summed E-state index contributed by atoms with van der Waals surface area (Å²) in [7, 11) is 0. The van der Waals surface area contributed by atoms with Crippen LogP contribution in [-0.4, -0.2) is 20.4 Å². The number of carbonyl (C=O) groups excluding carboxylic acids is 1. The van der Waals surface area contributed by atoms with Crippen LogP contribution in [0.5, 0.6) is 0 Å². The van der Waals surface area contributed by atoms with E-state index in [4.69, 9.17) is 11.1 Å². The van der Waals surface area contributed by atoms with Crippen molar-refractivity contribution in [1.82, 2.24) is 0 Å². The van der Waals surface area contributed by atoms with E-state index in [1.165, 1.54) is 5.56 Å². The van der Waals surface area contributed by atoms with Crippen LogP contribution >= 0.6 is 0 Å². The van der Waals surface area contributed by atoms with E-state index in [1.807, 2.05) is 37.3 Å². The molecule has 2 aromatic rings. The Balaban J connectivity index is 2.48. The first-order valence-corrected chi connectivity index (χ1v) is 6.85. The van der Waals surface area contributed by atoms with Crippen LogP contribution in [0.4, 0.5) is 0 Å². The normalized spacial score (nSPS) is 10.2. The van der Waals surface area contributed by atoms with E-state index in [0.717, 1.165) is 10.0 Å². The zero-order valence-electron chi connectivity index (χ0n) is 9.36. The van der Waals surface area contributed by atoms with Gasteiger partial charge in [0.15, 0.2) is 0 Å². The minimum absolute atomic E-state index is 0.144. The van der Waals surface area contributed by atoms with E-state index in [-0.39, 0.29) is 14.5 Å². The molecule has 2 rings (SSSR count). The van der Waals surface area contributed by atoms with Gasteiger partial charge in [0.25, 0.3) is 0 Å². The molecule has 0 saturated carbocycles. The first kappa shape index (κ1) is 11.8. The maximum atomic E-state index is 11.0. The van der Waals surface area contributed by atoms with Crippen LogP contribution < -0.4 is 9.96 Å². The summed E-state index contributed by atoms with van der Waals surface area (Å²) in [4.78, 5) is 11.0. The summed E-state index contributed by atoms with van der Waals surface area (Å²) in [6.45, 7) is 2.04. The molecule has 0 bridgehead atoms. The molecular formula is C13H12N2OSe. The Morgan fingerprint density at radius 3 is 2.35 bits per heavy atom. The van der Waals surface area contributed by atoms with Crippen LogP contribution in [0.15, 0.2) is 36.4 Å². The quantitative estimate of drug-likeness (QED) is 0.805. The van der Waals surface area contributed by atoms with E-state index >= 15 is 0 Å². The Kier molecular flexibility index (Phi) is 3.27. The van der Waals surface area contributed by atoms with Gasteiger partial charge in [0.2, 0.25) is 0 Å². The Hall–Kier alpha value is -1.64. The first-order chi connectivity index (χ1) is 8.08. The molecule has 0 atom stereocenters. The molecule has 17 heavy (non-hydrogen) atoms. The summed E-state index contributed by atoms with van der Waals surface area (Å²) in [6.07, 6.45) is 0. The van der Waals surface area contributed by atoms with Crippen molar-refractivity contribution in [1.29, 1.82) is 5.41 Å². The van der Waals surface area contributed by atoms with E-state index in [1.54, 1.807) is 6.07 Å². The van der Waals surface area contributed by atoms with Gasteiger partial charge in [-0.1, -0.05) is 0 Å². The van der Waals surface area contributed by atoms with Crippen molar-refractivity contribution in [2.45, 2.75) is 6.92 Å². The average molecular weight is 291 g/mol.